The van der Waals surface area contributed by atoms with Crippen LogP contribution in [0.25, 0.3) is 38.3 Å². The maximum Gasteiger partial charge on any atom is 0.319 e. The maximum absolute atomic E-state index is 14.7. The first-order chi connectivity index (χ1) is 20.4. The van der Waals surface area contributed by atoms with Crippen molar-refractivity contribution >= 4 is 61.1 Å². The molecule has 0 radical (unpaired) electrons. The predicted molar refractivity (Wildman–Crippen MR) is 170 cm³/mol. The molecule has 3 N–H and O–H groups in total. The molecule has 2 aromatic heterocycles. The van der Waals surface area contributed by atoms with Crippen molar-refractivity contribution in [3.05, 3.63) is 41.2 Å². The number of hydrogen-bond donors (Lipinski definition) is 2. The third-order valence-electron chi connectivity index (χ3n) is 8.71. The van der Waals surface area contributed by atoms with Crippen LogP contribution in [0.2, 0.25) is 5.02 Å². The fraction of sp³-hybridized carbons (Fsp3) is 0.452. The second kappa shape index (κ2) is 11.2. The molecule has 3 saturated heterocycles. The second-order valence-electron chi connectivity index (χ2n) is 11.7. The number of piperazine rings is 1. The molecule has 0 amide bonds. The number of halogens is 2. The quantitative estimate of drug-likeness (QED) is 0.260. The standard InChI is InChI=1S/C31H35ClFN7OS/c1-3-18-13-22-26(25(32)24(18)21-9-10-23(33)28-27(21)36-30(34)42-28)37-31(41-17(2)14-39-11-5-4-6-12-39)38-29(22)40-15-19-7-8-20(16-40)35-19/h3,9-10,13,17,19-20,35H,1,4-8,11-12,14-16H2,2H3,(H2,34,36)/t17-,19?,20?/m0/s1. The van der Waals surface area contributed by atoms with Crippen LogP contribution in [0.1, 0.15) is 44.6 Å². The molecular weight excluding hydrogens is 573 g/mol. The molecule has 3 fully saturated rings. The molecule has 8 nitrogen and oxygen atoms in total. The number of nitrogens with zero attached hydrogens (tertiary/aromatic N) is 5. The van der Waals surface area contributed by atoms with E-state index in [1.807, 2.05) is 6.07 Å². The zero-order chi connectivity index (χ0) is 29.0. The maximum atomic E-state index is 14.7. The molecule has 42 heavy (non-hydrogen) atoms. The molecular formula is C31H35ClFN7OS. The van der Waals surface area contributed by atoms with Gasteiger partial charge < -0.3 is 20.7 Å². The summed E-state index contributed by atoms with van der Waals surface area (Å²) in [5, 5.41) is 5.27. The molecule has 7 rings (SSSR count). The summed E-state index contributed by atoms with van der Waals surface area (Å²) >= 11 is 8.39. The number of thiazole rings is 1. The molecule has 2 bridgehead atoms. The fourth-order valence-corrected chi connectivity index (χ4v) is 7.94. The lowest BCUT2D eigenvalue weighted by Crippen LogP contribution is -2.51. The van der Waals surface area contributed by atoms with Crippen molar-refractivity contribution in [2.75, 3.05) is 43.4 Å². The molecule has 0 aliphatic carbocycles. The lowest BCUT2D eigenvalue weighted by molar-refractivity contribution is 0.123. The zero-order valence-electron chi connectivity index (χ0n) is 23.7. The largest absolute Gasteiger partial charge is 0.459 e. The third kappa shape index (κ3) is 5.08. The number of likely N-dealkylation sites (tertiary alicyclic amines) is 1. The summed E-state index contributed by atoms with van der Waals surface area (Å²) in [6, 6.07) is 6.33. The molecule has 0 spiro atoms. The van der Waals surface area contributed by atoms with Gasteiger partial charge >= 0.3 is 6.01 Å². The summed E-state index contributed by atoms with van der Waals surface area (Å²) in [6.07, 6.45) is 7.72. The Morgan fingerprint density at radius 1 is 1.17 bits per heavy atom. The van der Waals surface area contributed by atoms with Gasteiger partial charge in [-0.2, -0.15) is 9.97 Å². The average Bonchev–Trinajstić information content (AvgIpc) is 3.55. The first kappa shape index (κ1) is 27.8. The zero-order valence-corrected chi connectivity index (χ0v) is 25.3. The summed E-state index contributed by atoms with van der Waals surface area (Å²) in [4.78, 5) is 19.2. The number of anilines is 2. The van der Waals surface area contributed by atoms with Crippen LogP contribution < -0.4 is 20.7 Å². The van der Waals surface area contributed by atoms with Gasteiger partial charge in [0.1, 0.15) is 17.7 Å². The Hall–Kier alpha value is -3.05. The van der Waals surface area contributed by atoms with Gasteiger partial charge in [0.2, 0.25) is 0 Å². The minimum Gasteiger partial charge on any atom is -0.459 e. The van der Waals surface area contributed by atoms with Crippen LogP contribution in [0.5, 0.6) is 6.01 Å². The normalized spacial score (nSPS) is 21.7. The summed E-state index contributed by atoms with van der Waals surface area (Å²) < 4.78 is 21.5. The van der Waals surface area contributed by atoms with E-state index in [9.17, 15) is 4.39 Å². The van der Waals surface area contributed by atoms with Crippen molar-refractivity contribution in [3.8, 4) is 17.1 Å². The number of rotatable bonds is 7. The van der Waals surface area contributed by atoms with Gasteiger partial charge in [-0.05, 0) is 69.5 Å². The number of benzene rings is 2. The van der Waals surface area contributed by atoms with Crippen LogP contribution in [0, 0.1) is 5.82 Å². The van der Waals surface area contributed by atoms with Gasteiger partial charge in [0.05, 0.1) is 20.8 Å². The first-order valence-corrected chi connectivity index (χ1v) is 16.0. The molecule has 11 heteroatoms. The third-order valence-corrected chi connectivity index (χ3v) is 9.97. The number of hydrogen-bond acceptors (Lipinski definition) is 9. The Labute approximate surface area is 253 Å². The Kier molecular flexibility index (Phi) is 7.42. The Morgan fingerprint density at radius 2 is 1.93 bits per heavy atom. The smallest absolute Gasteiger partial charge is 0.319 e. The molecule has 2 unspecified atom stereocenters. The van der Waals surface area contributed by atoms with Crippen molar-refractivity contribution in [1.82, 2.24) is 25.2 Å². The summed E-state index contributed by atoms with van der Waals surface area (Å²) in [6.45, 7) is 10.9. The van der Waals surface area contributed by atoms with E-state index in [0.29, 0.717) is 55.1 Å². The van der Waals surface area contributed by atoms with Crippen molar-refractivity contribution < 1.29 is 9.13 Å². The van der Waals surface area contributed by atoms with E-state index < -0.39 is 0 Å². The van der Waals surface area contributed by atoms with Gasteiger partial charge in [0, 0.05) is 48.2 Å². The van der Waals surface area contributed by atoms with Gasteiger partial charge in [-0.25, -0.2) is 9.37 Å². The van der Waals surface area contributed by atoms with E-state index in [-0.39, 0.29) is 11.9 Å². The van der Waals surface area contributed by atoms with Gasteiger partial charge in [-0.1, -0.05) is 42.0 Å². The van der Waals surface area contributed by atoms with Crippen LogP contribution in [0.3, 0.4) is 0 Å². The van der Waals surface area contributed by atoms with E-state index in [4.69, 9.17) is 32.0 Å². The molecule has 220 valence electrons. The number of nitrogen functional groups attached to an aromatic ring is 1. The van der Waals surface area contributed by atoms with Crippen molar-refractivity contribution in [2.24, 2.45) is 0 Å². The summed E-state index contributed by atoms with van der Waals surface area (Å²) in [7, 11) is 0. The van der Waals surface area contributed by atoms with Crippen LogP contribution in [-0.4, -0.2) is 70.8 Å². The van der Waals surface area contributed by atoms with Gasteiger partial charge in [-0.15, -0.1) is 0 Å². The van der Waals surface area contributed by atoms with E-state index in [2.05, 4.69) is 33.6 Å². The van der Waals surface area contributed by atoms with E-state index in [1.165, 1.54) is 25.3 Å². The summed E-state index contributed by atoms with van der Waals surface area (Å²) in [5.74, 6) is 0.452. The van der Waals surface area contributed by atoms with Gasteiger partial charge in [0.15, 0.2) is 5.13 Å². The molecule has 0 saturated carbocycles. The second-order valence-corrected chi connectivity index (χ2v) is 13.2. The summed E-state index contributed by atoms with van der Waals surface area (Å²) in [5.41, 5.74) is 9.23. The van der Waals surface area contributed by atoms with Crippen LogP contribution in [0.15, 0.2) is 24.8 Å². The van der Waals surface area contributed by atoms with Crippen molar-refractivity contribution in [3.63, 3.8) is 0 Å². The molecule has 2 aromatic carbocycles. The Balaban J connectivity index is 1.37. The first-order valence-electron chi connectivity index (χ1n) is 14.8. The molecule has 3 aliphatic rings. The van der Waals surface area contributed by atoms with E-state index in [1.54, 1.807) is 12.1 Å². The minimum absolute atomic E-state index is 0.0898. The number of aromatic nitrogens is 3. The molecule has 4 aromatic rings. The number of nitrogens with two attached hydrogens (primary N) is 1. The highest BCUT2D eigenvalue weighted by Gasteiger charge is 2.34. The molecule has 3 atom stereocenters. The van der Waals surface area contributed by atoms with Gasteiger partial charge in [-0.3, -0.25) is 4.90 Å². The Morgan fingerprint density at radius 3 is 2.67 bits per heavy atom. The molecule has 3 aliphatic heterocycles. The number of piperidine rings is 1. The van der Waals surface area contributed by atoms with E-state index in [0.717, 1.165) is 73.7 Å². The number of fused-ring (bicyclic) bond motifs is 4. The minimum atomic E-state index is -0.364. The highest BCUT2D eigenvalue weighted by atomic mass is 35.5. The van der Waals surface area contributed by atoms with E-state index >= 15 is 0 Å². The highest BCUT2D eigenvalue weighted by Crippen LogP contribution is 2.44. The van der Waals surface area contributed by atoms with Crippen LogP contribution in [0.4, 0.5) is 15.3 Å². The van der Waals surface area contributed by atoms with Crippen molar-refractivity contribution in [2.45, 2.75) is 57.2 Å². The van der Waals surface area contributed by atoms with Crippen molar-refractivity contribution in [1.29, 1.82) is 0 Å². The van der Waals surface area contributed by atoms with Crippen LogP contribution in [-0.2, 0) is 0 Å². The lowest BCUT2D eigenvalue weighted by atomic mass is 9.96. The SMILES string of the molecule is C=Cc1cc2c(N3CC4CCC(C3)N4)nc(O[C@@H](C)CN3CCCCC3)nc2c(Cl)c1-c1ccc(F)c2sc(N)nc12. The lowest BCUT2D eigenvalue weighted by Gasteiger charge is -2.34. The van der Waals surface area contributed by atoms with Gasteiger partial charge in [0.25, 0.3) is 0 Å². The topological polar surface area (TPSA) is 92.4 Å². The highest BCUT2D eigenvalue weighted by molar-refractivity contribution is 7.22. The Bertz CT molecular complexity index is 1660. The number of nitrogens with one attached hydrogen (secondary N) is 1. The number of ether oxygens (including phenoxy) is 1. The monoisotopic (exact) mass is 607 g/mol. The van der Waals surface area contributed by atoms with Crippen LogP contribution >= 0.6 is 22.9 Å². The average molecular weight is 608 g/mol. The predicted octanol–water partition coefficient (Wildman–Crippen LogP) is 6.12. The molecule has 5 heterocycles. The fourth-order valence-electron chi connectivity index (χ4n) is 6.83.